The van der Waals surface area contributed by atoms with Crippen LogP contribution in [0.2, 0.25) is 0 Å². The SMILES string of the molecule is O=C(CN1C(=O)[C@H]2CCCC[C@H]2C1=O)NCc1ccccc1OC(F)F. The first-order chi connectivity index (χ1) is 12.5. The maximum absolute atomic E-state index is 12.4. The molecule has 2 atom stereocenters. The van der Waals surface area contributed by atoms with E-state index < -0.39 is 12.5 Å². The maximum atomic E-state index is 12.4. The van der Waals surface area contributed by atoms with Gasteiger partial charge in [0.05, 0.1) is 11.8 Å². The van der Waals surface area contributed by atoms with Crippen molar-refractivity contribution >= 4 is 17.7 Å². The van der Waals surface area contributed by atoms with Crippen molar-refractivity contribution in [3.05, 3.63) is 29.8 Å². The van der Waals surface area contributed by atoms with Crippen molar-refractivity contribution in [3.63, 3.8) is 0 Å². The molecule has 0 radical (unpaired) electrons. The van der Waals surface area contributed by atoms with Gasteiger partial charge >= 0.3 is 6.61 Å². The number of amides is 3. The molecule has 0 bridgehead atoms. The van der Waals surface area contributed by atoms with Gasteiger partial charge in [0, 0.05) is 12.1 Å². The number of halogens is 2. The van der Waals surface area contributed by atoms with Gasteiger partial charge in [0.1, 0.15) is 12.3 Å². The summed E-state index contributed by atoms with van der Waals surface area (Å²) in [5.74, 6) is -1.71. The number of nitrogens with zero attached hydrogens (tertiary/aromatic N) is 1. The lowest BCUT2D eigenvalue weighted by atomic mass is 9.81. The van der Waals surface area contributed by atoms with Gasteiger partial charge in [0.25, 0.3) is 0 Å². The molecule has 140 valence electrons. The van der Waals surface area contributed by atoms with Gasteiger partial charge in [0.2, 0.25) is 17.7 Å². The lowest BCUT2D eigenvalue weighted by molar-refractivity contribution is -0.143. The molecule has 1 aromatic rings. The fraction of sp³-hybridized carbons (Fsp3) is 0.500. The van der Waals surface area contributed by atoms with Gasteiger partial charge in [-0.25, -0.2) is 0 Å². The lowest BCUT2D eigenvalue weighted by Crippen LogP contribution is -2.40. The first-order valence-electron chi connectivity index (χ1n) is 8.62. The van der Waals surface area contributed by atoms with Crippen molar-refractivity contribution in [1.82, 2.24) is 10.2 Å². The van der Waals surface area contributed by atoms with E-state index in [2.05, 4.69) is 10.1 Å². The van der Waals surface area contributed by atoms with E-state index in [1.165, 1.54) is 6.07 Å². The minimum absolute atomic E-state index is 0.0258. The van der Waals surface area contributed by atoms with Gasteiger partial charge in [-0.2, -0.15) is 8.78 Å². The van der Waals surface area contributed by atoms with Gasteiger partial charge in [-0.05, 0) is 18.9 Å². The van der Waals surface area contributed by atoms with Crippen molar-refractivity contribution in [3.8, 4) is 5.75 Å². The molecule has 0 spiro atoms. The molecule has 0 unspecified atom stereocenters. The van der Waals surface area contributed by atoms with E-state index in [0.29, 0.717) is 18.4 Å². The molecular formula is C18H20F2N2O4. The Bertz CT molecular complexity index is 686. The molecular weight excluding hydrogens is 346 g/mol. The third-order valence-electron chi connectivity index (χ3n) is 4.90. The van der Waals surface area contributed by atoms with Crippen LogP contribution >= 0.6 is 0 Å². The van der Waals surface area contributed by atoms with Gasteiger partial charge in [-0.15, -0.1) is 0 Å². The van der Waals surface area contributed by atoms with Crippen LogP contribution in [0.5, 0.6) is 5.75 Å². The average Bonchev–Trinajstić information content (AvgIpc) is 2.86. The molecule has 1 heterocycles. The maximum Gasteiger partial charge on any atom is 0.387 e. The normalized spacial score (nSPS) is 22.5. The Morgan fingerprint density at radius 3 is 2.38 bits per heavy atom. The number of likely N-dealkylation sites (tertiary alicyclic amines) is 1. The number of carbonyl (C=O) groups is 3. The molecule has 2 fully saturated rings. The number of fused-ring (bicyclic) bond motifs is 1. The molecule has 1 aromatic carbocycles. The second-order valence-electron chi connectivity index (χ2n) is 6.52. The zero-order valence-corrected chi connectivity index (χ0v) is 14.1. The van der Waals surface area contributed by atoms with E-state index in [1.54, 1.807) is 18.2 Å². The summed E-state index contributed by atoms with van der Waals surface area (Å²) in [5, 5.41) is 2.55. The van der Waals surface area contributed by atoms with Crippen molar-refractivity contribution in [2.45, 2.75) is 38.8 Å². The minimum Gasteiger partial charge on any atom is -0.434 e. The number of alkyl halides is 2. The van der Waals surface area contributed by atoms with Crippen LogP contribution in [0.25, 0.3) is 0 Å². The average molecular weight is 366 g/mol. The summed E-state index contributed by atoms with van der Waals surface area (Å²) in [7, 11) is 0. The van der Waals surface area contributed by atoms with Crippen LogP contribution in [0.4, 0.5) is 8.78 Å². The molecule has 1 aliphatic heterocycles. The van der Waals surface area contributed by atoms with E-state index in [1.807, 2.05) is 0 Å². The van der Waals surface area contributed by atoms with Crippen LogP contribution in [0.1, 0.15) is 31.2 Å². The standard InChI is InChI=1S/C18H20F2N2O4/c19-18(20)26-14-8-4-1-5-11(14)9-21-15(23)10-22-16(24)12-6-2-3-7-13(12)17(22)25/h1,4-5,8,12-13,18H,2-3,6-7,9-10H2,(H,21,23)/t12-,13+. The smallest absolute Gasteiger partial charge is 0.387 e. The first-order valence-corrected chi connectivity index (χ1v) is 8.62. The Balaban J connectivity index is 1.58. The molecule has 6 nitrogen and oxygen atoms in total. The number of rotatable bonds is 6. The van der Waals surface area contributed by atoms with Crippen LogP contribution < -0.4 is 10.1 Å². The van der Waals surface area contributed by atoms with Crippen molar-refractivity contribution in [2.75, 3.05) is 6.54 Å². The summed E-state index contributed by atoms with van der Waals surface area (Å²) >= 11 is 0. The number of ether oxygens (including phenoxy) is 1. The van der Waals surface area contributed by atoms with E-state index in [9.17, 15) is 23.2 Å². The topological polar surface area (TPSA) is 75.7 Å². The highest BCUT2D eigenvalue weighted by molar-refractivity contribution is 6.07. The summed E-state index contributed by atoms with van der Waals surface area (Å²) in [6.45, 7) is -3.34. The molecule has 1 aliphatic carbocycles. The van der Waals surface area contributed by atoms with Crippen LogP contribution in [0.3, 0.4) is 0 Å². The fourth-order valence-electron chi connectivity index (χ4n) is 3.64. The summed E-state index contributed by atoms with van der Waals surface area (Å²) < 4.78 is 29.2. The number of nitrogens with one attached hydrogen (secondary N) is 1. The molecule has 8 heteroatoms. The molecule has 1 saturated heterocycles. The third kappa shape index (κ3) is 3.84. The van der Waals surface area contributed by atoms with E-state index in [4.69, 9.17) is 0 Å². The van der Waals surface area contributed by atoms with Crippen molar-refractivity contribution in [1.29, 1.82) is 0 Å². The summed E-state index contributed by atoms with van der Waals surface area (Å²) in [4.78, 5) is 37.9. The first kappa shape index (κ1) is 18.3. The molecule has 2 aliphatic rings. The number of hydrogen-bond donors (Lipinski definition) is 1. The van der Waals surface area contributed by atoms with Crippen LogP contribution in [0, 0.1) is 11.8 Å². The minimum atomic E-state index is -2.96. The molecule has 1 saturated carbocycles. The highest BCUT2D eigenvalue weighted by Crippen LogP contribution is 2.37. The Morgan fingerprint density at radius 1 is 1.15 bits per heavy atom. The second kappa shape index (κ2) is 7.80. The summed E-state index contributed by atoms with van der Waals surface area (Å²) in [5.41, 5.74) is 0.383. The van der Waals surface area contributed by atoms with Crippen LogP contribution in [-0.4, -0.2) is 35.8 Å². The van der Waals surface area contributed by atoms with E-state index in [-0.39, 0.29) is 42.5 Å². The number of para-hydroxylation sites is 1. The van der Waals surface area contributed by atoms with Crippen molar-refractivity contribution < 1.29 is 27.9 Å². The lowest BCUT2D eigenvalue weighted by Gasteiger charge is -2.19. The summed E-state index contributed by atoms with van der Waals surface area (Å²) in [6.07, 6.45) is 3.21. The Kier molecular flexibility index (Phi) is 5.49. The van der Waals surface area contributed by atoms with Gasteiger partial charge in [0.15, 0.2) is 0 Å². The Morgan fingerprint density at radius 2 is 1.77 bits per heavy atom. The Hall–Kier alpha value is -2.51. The fourth-order valence-corrected chi connectivity index (χ4v) is 3.64. The highest BCUT2D eigenvalue weighted by Gasteiger charge is 2.48. The monoisotopic (exact) mass is 366 g/mol. The molecule has 26 heavy (non-hydrogen) atoms. The van der Waals surface area contributed by atoms with Gasteiger partial charge in [-0.1, -0.05) is 31.0 Å². The zero-order valence-electron chi connectivity index (χ0n) is 14.1. The van der Waals surface area contributed by atoms with Crippen LogP contribution in [0.15, 0.2) is 24.3 Å². The van der Waals surface area contributed by atoms with Crippen LogP contribution in [-0.2, 0) is 20.9 Å². The number of benzene rings is 1. The predicted molar refractivity (Wildman–Crippen MR) is 87.1 cm³/mol. The quantitative estimate of drug-likeness (QED) is 0.782. The highest BCUT2D eigenvalue weighted by atomic mass is 19.3. The molecule has 3 rings (SSSR count). The zero-order chi connectivity index (χ0) is 18.7. The van der Waals surface area contributed by atoms with Crippen molar-refractivity contribution in [2.24, 2.45) is 11.8 Å². The predicted octanol–water partition coefficient (Wildman–Crippen LogP) is 2.08. The molecule has 1 N–H and O–H groups in total. The largest absolute Gasteiger partial charge is 0.434 e. The second-order valence-corrected chi connectivity index (χ2v) is 6.52. The Labute approximate surface area is 149 Å². The van der Waals surface area contributed by atoms with Gasteiger partial charge in [-0.3, -0.25) is 19.3 Å². The summed E-state index contributed by atoms with van der Waals surface area (Å²) in [6, 6.07) is 6.12. The molecule has 3 amide bonds. The van der Waals surface area contributed by atoms with E-state index >= 15 is 0 Å². The van der Waals surface area contributed by atoms with Gasteiger partial charge < -0.3 is 10.1 Å². The number of hydrogen-bond acceptors (Lipinski definition) is 4. The van der Waals surface area contributed by atoms with E-state index in [0.717, 1.165) is 17.7 Å². The number of carbonyl (C=O) groups excluding carboxylic acids is 3. The molecule has 0 aromatic heterocycles. The number of imide groups is 1. The third-order valence-corrected chi connectivity index (χ3v) is 4.90.